The first-order chi connectivity index (χ1) is 11.5. The van der Waals surface area contributed by atoms with Gasteiger partial charge in [0.15, 0.2) is 0 Å². The Balaban J connectivity index is 1.68. The summed E-state index contributed by atoms with van der Waals surface area (Å²) in [5.74, 6) is -0.0298. The largest absolute Gasteiger partial charge is 0.394 e. The average Bonchev–Trinajstić information content (AvgIpc) is 3.38. The number of hydrogen-bond donors (Lipinski definition) is 2. The fourth-order valence-electron chi connectivity index (χ4n) is 2.93. The predicted molar refractivity (Wildman–Crippen MR) is 96.5 cm³/mol. The Morgan fingerprint density at radius 1 is 1.04 bits per heavy atom. The van der Waals surface area contributed by atoms with Gasteiger partial charge < -0.3 is 10.4 Å². The lowest BCUT2D eigenvalue weighted by molar-refractivity contribution is -0.124. The molecule has 1 aliphatic rings. The molecule has 1 aliphatic carbocycles. The van der Waals surface area contributed by atoms with Gasteiger partial charge in [0.1, 0.15) is 0 Å². The second-order valence-electron chi connectivity index (χ2n) is 6.27. The fourth-order valence-corrected chi connectivity index (χ4v) is 3.18. The third-order valence-corrected chi connectivity index (χ3v) is 5.04. The number of amides is 1. The van der Waals surface area contributed by atoms with Gasteiger partial charge in [0.05, 0.1) is 18.1 Å². The van der Waals surface area contributed by atoms with Crippen LogP contribution >= 0.6 is 23.2 Å². The molecule has 126 valence electrons. The van der Waals surface area contributed by atoms with Crippen molar-refractivity contribution in [2.75, 3.05) is 6.61 Å². The van der Waals surface area contributed by atoms with Crippen molar-refractivity contribution in [3.05, 3.63) is 69.7 Å². The van der Waals surface area contributed by atoms with Crippen LogP contribution in [-0.2, 0) is 16.6 Å². The van der Waals surface area contributed by atoms with Crippen LogP contribution in [-0.4, -0.2) is 23.7 Å². The number of benzene rings is 2. The summed E-state index contributed by atoms with van der Waals surface area (Å²) in [5, 5.41) is 13.9. The van der Waals surface area contributed by atoms with Crippen molar-refractivity contribution in [2.24, 2.45) is 0 Å². The molecule has 0 saturated heterocycles. The van der Waals surface area contributed by atoms with Gasteiger partial charge >= 0.3 is 0 Å². The van der Waals surface area contributed by atoms with Crippen LogP contribution < -0.4 is 5.32 Å². The second kappa shape index (κ2) is 7.14. The second-order valence-corrected chi connectivity index (χ2v) is 7.15. The summed E-state index contributed by atoms with van der Waals surface area (Å²) < 4.78 is 0. The molecule has 3 rings (SSSR count). The van der Waals surface area contributed by atoms with Gasteiger partial charge in [0.25, 0.3) is 0 Å². The van der Waals surface area contributed by atoms with Gasteiger partial charge in [-0.3, -0.25) is 4.79 Å². The third-order valence-electron chi connectivity index (χ3n) is 4.53. The van der Waals surface area contributed by atoms with E-state index < -0.39 is 5.41 Å². The van der Waals surface area contributed by atoms with Crippen LogP contribution in [0.1, 0.15) is 24.0 Å². The van der Waals surface area contributed by atoms with E-state index in [2.05, 4.69) is 5.32 Å². The van der Waals surface area contributed by atoms with Crippen LogP contribution in [0.15, 0.2) is 48.5 Å². The van der Waals surface area contributed by atoms with Crippen LogP contribution in [0.2, 0.25) is 10.0 Å². The van der Waals surface area contributed by atoms with Gasteiger partial charge in [0.2, 0.25) is 5.91 Å². The number of rotatable bonds is 6. The van der Waals surface area contributed by atoms with Gasteiger partial charge in [-0.15, -0.1) is 0 Å². The van der Waals surface area contributed by atoms with E-state index in [0.29, 0.717) is 16.5 Å². The minimum Gasteiger partial charge on any atom is -0.394 e. The number of carbonyl (C=O) groups excluding carboxylic acids is 1. The first-order valence-electron chi connectivity index (χ1n) is 7.96. The van der Waals surface area contributed by atoms with Gasteiger partial charge in [-0.2, -0.15) is 0 Å². The van der Waals surface area contributed by atoms with Crippen LogP contribution in [0.4, 0.5) is 0 Å². The molecule has 2 aromatic carbocycles. The number of aliphatic hydroxyl groups is 1. The Bertz CT molecular complexity index is 709. The number of aliphatic hydroxyl groups excluding tert-OH is 1. The monoisotopic (exact) mass is 363 g/mol. The van der Waals surface area contributed by atoms with Gasteiger partial charge in [-0.05, 0) is 54.7 Å². The van der Waals surface area contributed by atoms with E-state index in [1.807, 2.05) is 48.5 Å². The molecule has 0 aliphatic heterocycles. The first kappa shape index (κ1) is 17.3. The third kappa shape index (κ3) is 3.75. The maximum Gasteiger partial charge on any atom is 0.230 e. The van der Waals surface area contributed by atoms with E-state index in [0.717, 1.165) is 24.0 Å². The van der Waals surface area contributed by atoms with E-state index in [9.17, 15) is 9.90 Å². The molecule has 2 aromatic rings. The molecule has 1 atom stereocenters. The van der Waals surface area contributed by atoms with Crippen molar-refractivity contribution < 1.29 is 9.90 Å². The summed E-state index contributed by atoms with van der Waals surface area (Å²) >= 11 is 11.8. The zero-order chi connectivity index (χ0) is 17.2. The highest BCUT2D eigenvalue weighted by atomic mass is 35.5. The summed E-state index contributed by atoms with van der Waals surface area (Å²) in [5.41, 5.74) is 1.53. The van der Waals surface area contributed by atoms with Crippen molar-refractivity contribution in [1.82, 2.24) is 5.32 Å². The number of carbonyl (C=O) groups is 1. The van der Waals surface area contributed by atoms with E-state index in [-0.39, 0.29) is 18.6 Å². The van der Waals surface area contributed by atoms with Crippen molar-refractivity contribution in [3.8, 4) is 0 Å². The van der Waals surface area contributed by atoms with Gasteiger partial charge in [0, 0.05) is 10.0 Å². The van der Waals surface area contributed by atoms with Crippen molar-refractivity contribution in [2.45, 2.75) is 30.7 Å². The molecule has 0 bridgehead atoms. The minimum absolute atomic E-state index is 0.0298. The van der Waals surface area contributed by atoms with Crippen LogP contribution in [0.25, 0.3) is 0 Å². The SMILES string of the molecule is O=C(NC(CO)Cc1ccc(Cl)cc1)C1(c2ccc(Cl)cc2)CC1. The minimum atomic E-state index is -0.474. The maximum atomic E-state index is 12.7. The zero-order valence-corrected chi connectivity index (χ0v) is 14.6. The Kier molecular flexibility index (Phi) is 5.14. The Morgan fingerprint density at radius 2 is 1.58 bits per heavy atom. The standard InChI is InChI=1S/C19H19Cl2NO2/c20-15-5-1-13(2-6-15)11-17(12-23)22-18(24)19(9-10-19)14-3-7-16(21)8-4-14/h1-8,17,23H,9-12H2,(H,22,24). The Labute approximate surface area is 151 Å². The van der Waals surface area contributed by atoms with Gasteiger partial charge in [-0.25, -0.2) is 0 Å². The quantitative estimate of drug-likeness (QED) is 0.820. The Morgan fingerprint density at radius 3 is 2.08 bits per heavy atom. The topological polar surface area (TPSA) is 49.3 Å². The smallest absolute Gasteiger partial charge is 0.230 e. The molecule has 0 heterocycles. The average molecular weight is 364 g/mol. The highest BCUT2D eigenvalue weighted by Crippen LogP contribution is 2.48. The molecule has 3 nitrogen and oxygen atoms in total. The van der Waals surface area contributed by atoms with Crippen LogP contribution in [0.3, 0.4) is 0 Å². The maximum absolute atomic E-state index is 12.7. The van der Waals surface area contributed by atoms with Crippen LogP contribution in [0.5, 0.6) is 0 Å². The van der Waals surface area contributed by atoms with E-state index in [1.54, 1.807) is 0 Å². The molecule has 0 aromatic heterocycles. The molecule has 24 heavy (non-hydrogen) atoms. The fraction of sp³-hybridized carbons (Fsp3) is 0.316. The lowest BCUT2D eigenvalue weighted by Gasteiger charge is -2.21. The summed E-state index contributed by atoms with van der Waals surface area (Å²) in [6.07, 6.45) is 2.20. The molecule has 1 saturated carbocycles. The molecule has 2 N–H and O–H groups in total. The zero-order valence-electron chi connectivity index (χ0n) is 13.1. The summed E-state index contributed by atoms with van der Waals surface area (Å²) in [6.45, 7) is -0.106. The van der Waals surface area contributed by atoms with Crippen molar-refractivity contribution in [3.63, 3.8) is 0 Å². The molecule has 1 unspecified atom stereocenters. The summed E-state index contributed by atoms with van der Waals surface area (Å²) in [4.78, 5) is 12.7. The van der Waals surface area contributed by atoms with E-state index in [1.165, 1.54) is 0 Å². The van der Waals surface area contributed by atoms with Gasteiger partial charge in [-0.1, -0.05) is 47.5 Å². The van der Waals surface area contributed by atoms with E-state index >= 15 is 0 Å². The summed E-state index contributed by atoms with van der Waals surface area (Å²) in [6, 6.07) is 14.5. The number of halogens is 2. The molecule has 1 amide bonds. The van der Waals surface area contributed by atoms with Crippen molar-refractivity contribution in [1.29, 1.82) is 0 Å². The first-order valence-corrected chi connectivity index (χ1v) is 8.71. The lowest BCUT2D eigenvalue weighted by atomic mass is 9.94. The predicted octanol–water partition coefficient (Wildman–Crippen LogP) is 3.74. The normalized spacial score (nSPS) is 16.5. The molecular formula is C19H19Cl2NO2. The number of nitrogens with one attached hydrogen (secondary N) is 1. The molecular weight excluding hydrogens is 345 g/mol. The number of hydrogen-bond acceptors (Lipinski definition) is 2. The van der Waals surface area contributed by atoms with Crippen LogP contribution in [0, 0.1) is 0 Å². The lowest BCUT2D eigenvalue weighted by Crippen LogP contribution is -2.44. The molecule has 1 fully saturated rings. The molecule has 5 heteroatoms. The molecule has 0 spiro atoms. The highest BCUT2D eigenvalue weighted by molar-refractivity contribution is 6.30. The van der Waals surface area contributed by atoms with E-state index in [4.69, 9.17) is 23.2 Å². The molecule has 0 radical (unpaired) electrons. The Hall–Kier alpha value is -1.55. The summed E-state index contributed by atoms with van der Waals surface area (Å²) in [7, 11) is 0. The van der Waals surface area contributed by atoms with Crippen molar-refractivity contribution >= 4 is 29.1 Å². The highest BCUT2D eigenvalue weighted by Gasteiger charge is 2.51.